The molecular formula is C24H23N. The molecule has 0 fully saturated rings. The molecule has 0 bridgehead atoms. The minimum absolute atomic E-state index is 1.06. The van der Waals surface area contributed by atoms with Gasteiger partial charge in [-0.1, -0.05) is 72.8 Å². The third-order valence-electron chi connectivity index (χ3n) is 4.29. The van der Waals surface area contributed by atoms with Gasteiger partial charge in [-0.15, -0.1) is 0 Å². The molecule has 0 amide bonds. The number of benzene rings is 3. The largest absolute Gasteiger partial charge is 0.311 e. The normalized spacial score (nSPS) is 11.2. The first-order valence-electron chi connectivity index (χ1n) is 8.54. The van der Waals surface area contributed by atoms with Crippen LogP contribution < -0.4 is 4.90 Å². The first kappa shape index (κ1) is 16.8. The van der Waals surface area contributed by atoms with Gasteiger partial charge in [-0.05, 0) is 55.3 Å². The SMILES string of the molecule is C=C/C(=C\C)N(c1ccccc1)c1ccc(-c2ccc(C)cc2)cc1. The maximum Gasteiger partial charge on any atom is 0.0461 e. The molecule has 0 N–H and O–H groups in total. The Morgan fingerprint density at radius 3 is 1.80 bits per heavy atom. The van der Waals surface area contributed by atoms with Crippen LogP contribution >= 0.6 is 0 Å². The molecule has 0 aliphatic carbocycles. The molecule has 0 aromatic heterocycles. The maximum absolute atomic E-state index is 3.97. The second-order valence-corrected chi connectivity index (χ2v) is 6.00. The molecule has 25 heavy (non-hydrogen) atoms. The van der Waals surface area contributed by atoms with Crippen molar-refractivity contribution in [3.63, 3.8) is 0 Å². The zero-order valence-corrected chi connectivity index (χ0v) is 14.8. The summed E-state index contributed by atoms with van der Waals surface area (Å²) in [5.74, 6) is 0. The van der Waals surface area contributed by atoms with Crippen LogP contribution in [0, 0.1) is 6.92 Å². The van der Waals surface area contributed by atoms with E-state index in [0.717, 1.165) is 17.1 Å². The van der Waals surface area contributed by atoms with Crippen LogP contribution in [0.4, 0.5) is 11.4 Å². The van der Waals surface area contributed by atoms with Gasteiger partial charge in [-0.3, -0.25) is 0 Å². The van der Waals surface area contributed by atoms with Crippen LogP contribution in [0.25, 0.3) is 11.1 Å². The smallest absolute Gasteiger partial charge is 0.0461 e. The van der Waals surface area contributed by atoms with Crippen LogP contribution in [0.5, 0.6) is 0 Å². The number of rotatable bonds is 5. The summed E-state index contributed by atoms with van der Waals surface area (Å²) in [6.45, 7) is 8.11. The fourth-order valence-corrected chi connectivity index (χ4v) is 2.91. The highest BCUT2D eigenvalue weighted by molar-refractivity contribution is 5.73. The van der Waals surface area contributed by atoms with E-state index in [0.29, 0.717) is 0 Å². The van der Waals surface area contributed by atoms with E-state index >= 15 is 0 Å². The molecule has 0 spiro atoms. The highest BCUT2D eigenvalue weighted by Crippen LogP contribution is 2.32. The average molecular weight is 325 g/mol. The van der Waals surface area contributed by atoms with Gasteiger partial charge in [0, 0.05) is 17.1 Å². The van der Waals surface area contributed by atoms with Crippen LogP contribution in [0.3, 0.4) is 0 Å². The summed E-state index contributed by atoms with van der Waals surface area (Å²) in [7, 11) is 0. The minimum Gasteiger partial charge on any atom is -0.311 e. The van der Waals surface area contributed by atoms with Gasteiger partial charge >= 0.3 is 0 Å². The van der Waals surface area contributed by atoms with Crippen molar-refractivity contribution in [2.45, 2.75) is 13.8 Å². The molecule has 3 aromatic carbocycles. The highest BCUT2D eigenvalue weighted by Gasteiger charge is 2.12. The second kappa shape index (κ2) is 7.67. The molecule has 1 nitrogen and oxygen atoms in total. The maximum atomic E-state index is 3.97. The monoisotopic (exact) mass is 325 g/mol. The summed E-state index contributed by atoms with van der Waals surface area (Å²) in [5, 5.41) is 0. The van der Waals surface area contributed by atoms with E-state index in [2.05, 4.69) is 97.3 Å². The summed E-state index contributed by atoms with van der Waals surface area (Å²) in [4.78, 5) is 2.21. The molecular weight excluding hydrogens is 302 g/mol. The molecule has 0 radical (unpaired) electrons. The first-order valence-corrected chi connectivity index (χ1v) is 8.54. The molecule has 0 heterocycles. The van der Waals surface area contributed by atoms with Gasteiger partial charge in [0.15, 0.2) is 0 Å². The van der Waals surface area contributed by atoms with Crippen molar-refractivity contribution in [3.05, 3.63) is 109 Å². The standard InChI is InChI=1S/C24H23N/c1-4-22(5-2)25(23-9-7-6-8-10-23)24-17-15-21(16-18-24)20-13-11-19(3)12-14-20/h4-18H,1H2,2-3H3/b22-5+. The molecule has 0 saturated carbocycles. The van der Waals surface area contributed by atoms with Crippen molar-refractivity contribution in [3.8, 4) is 11.1 Å². The van der Waals surface area contributed by atoms with Gasteiger partial charge in [0.1, 0.15) is 0 Å². The Kier molecular flexibility index (Phi) is 5.15. The predicted octanol–water partition coefficient (Wildman–Crippen LogP) is 6.89. The van der Waals surface area contributed by atoms with E-state index in [1.54, 1.807) is 0 Å². The minimum atomic E-state index is 1.06. The third-order valence-corrected chi connectivity index (χ3v) is 4.29. The zero-order valence-electron chi connectivity index (χ0n) is 14.8. The molecule has 0 aliphatic heterocycles. The van der Waals surface area contributed by atoms with Crippen molar-refractivity contribution < 1.29 is 0 Å². The van der Waals surface area contributed by atoms with E-state index in [-0.39, 0.29) is 0 Å². The molecule has 3 rings (SSSR count). The lowest BCUT2D eigenvalue weighted by molar-refractivity contribution is 1.20. The van der Waals surface area contributed by atoms with Gasteiger partial charge in [0.2, 0.25) is 0 Å². The van der Waals surface area contributed by atoms with E-state index in [9.17, 15) is 0 Å². The Morgan fingerprint density at radius 2 is 1.28 bits per heavy atom. The average Bonchev–Trinajstić information content (AvgIpc) is 2.67. The lowest BCUT2D eigenvalue weighted by Gasteiger charge is -2.26. The Bertz CT molecular complexity index is 856. The van der Waals surface area contributed by atoms with E-state index in [1.165, 1.54) is 16.7 Å². The molecule has 3 aromatic rings. The fraction of sp³-hybridized carbons (Fsp3) is 0.0833. The van der Waals surface area contributed by atoms with Crippen molar-refractivity contribution in [2.24, 2.45) is 0 Å². The number of nitrogens with zero attached hydrogens (tertiary/aromatic N) is 1. The second-order valence-electron chi connectivity index (χ2n) is 6.00. The lowest BCUT2D eigenvalue weighted by Crippen LogP contribution is -2.14. The quantitative estimate of drug-likeness (QED) is 0.462. The van der Waals surface area contributed by atoms with Gasteiger partial charge in [0.25, 0.3) is 0 Å². The number of hydrogen-bond donors (Lipinski definition) is 0. The number of allylic oxidation sites excluding steroid dienone is 2. The Balaban J connectivity index is 1.99. The van der Waals surface area contributed by atoms with E-state index in [4.69, 9.17) is 0 Å². The number of aryl methyl sites for hydroxylation is 1. The summed E-state index contributed by atoms with van der Waals surface area (Å²) in [6.07, 6.45) is 3.97. The fourth-order valence-electron chi connectivity index (χ4n) is 2.91. The Hall–Kier alpha value is -3.06. The number of hydrogen-bond acceptors (Lipinski definition) is 1. The van der Waals surface area contributed by atoms with Crippen molar-refractivity contribution in [1.82, 2.24) is 0 Å². The first-order chi connectivity index (χ1) is 12.2. The van der Waals surface area contributed by atoms with Crippen LogP contribution in [0.2, 0.25) is 0 Å². The molecule has 1 heteroatoms. The van der Waals surface area contributed by atoms with Gasteiger partial charge in [0.05, 0.1) is 0 Å². The summed E-state index contributed by atoms with van der Waals surface area (Å²) < 4.78 is 0. The molecule has 124 valence electrons. The molecule has 0 aliphatic rings. The predicted molar refractivity (Wildman–Crippen MR) is 109 cm³/mol. The Labute approximate surface area is 150 Å². The molecule has 0 unspecified atom stereocenters. The topological polar surface area (TPSA) is 3.24 Å². The molecule has 0 saturated heterocycles. The number of anilines is 2. The van der Waals surface area contributed by atoms with Crippen molar-refractivity contribution >= 4 is 11.4 Å². The van der Waals surface area contributed by atoms with Crippen LogP contribution in [0.15, 0.2) is 103 Å². The highest BCUT2D eigenvalue weighted by atomic mass is 15.1. The van der Waals surface area contributed by atoms with Crippen LogP contribution in [0.1, 0.15) is 12.5 Å². The van der Waals surface area contributed by atoms with Crippen molar-refractivity contribution in [1.29, 1.82) is 0 Å². The lowest BCUT2D eigenvalue weighted by atomic mass is 10.0. The third kappa shape index (κ3) is 3.72. The van der Waals surface area contributed by atoms with Gasteiger partial charge in [-0.25, -0.2) is 0 Å². The van der Waals surface area contributed by atoms with Crippen LogP contribution in [-0.4, -0.2) is 0 Å². The van der Waals surface area contributed by atoms with Crippen LogP contribution in [-0.2, 0) is 0 Å². The van der Waals surface area contributed by atoms with Crippen molar-refractivity contribution in [2.75, 3.05) is 4.90 Å². The van der Waals surface area contributed by atoms with E-state index in [1.807, 2.05) is 19.1 Å². The zero-order chi connectivity index (χ0) is 17.6. The summed E-state index contributed by atoms with van der Waals surface area (Å²) >= 11 is 0. The summed E-state index contributed by atoms with van der Waals surface area (Å²) in [5.41, 5.74) is 7.04. The van der Waals surface area contributed by atoms with Gasteiger partial charge < -0.3 is 4.90 Å². The molecule has 0 atom stereocenters. The summed E-state index contributed by atoms with van der Waals surface area (Å²) in [6, 6.07) is 27.7. The van der Waals surface area contributed by atoms with E-state index < -0.39 is 0 Å². The number of para-hydroxylation sites is 1. The Morgan fingerprint density at radius 1 is 0.760 bits per heavy atom. The van der Waals surface area contributed by atoms with Gasteiger partial charge in [-0.2, -0.15) is 0 Å².